The van der Waals surface area contributed by atoms with Gasteiger partial charge in [-0.1, -0.05) is 23.7 Å². The number of carbonyl (C=O) groups excluding carboxylic acids is 1. The molecule has 21 heavy (non-hydrogen) atoms. The molecule has 0 spiro atoms. The molecule has 4 nitrogen and oxygen atoms in total. The average molecular weight is 303 g/mol. The zero-order valence-electron chi connectivity index (χ0n) is 11.6. The van der Waals surface area contributed by atoms with E-state index in [4.69, 9.17) is 16.3 Å². The molecule has 1 aliphatic rings. The van der Waals surface area contributed by atoms with Gasteiger partial charge in [0.15, 0.2) is 0 Å². The average Bonchev–Trinajstić information content (AvgIpc) is 2.89. The number of hydrogen-bond donors (Lipinski definition) is 1. The molecule has 1 amide bonds. The molecule has 0 radical (unpaired) electrons. The number of pyridine rings is 1. The van der Waals surface area contributed by atoms with Gasteiger partial charge < -0.3 is 10.1 Å². The summed E-state index contributed by atoms with van der Waals surface area (Å²) in [4.78, 5) is 16.2. The Morgan fingerprint density at radius 2 is 2.24 bits per heavy atom. The van der Waals surface area contributed by atoms with Crippen LogP contribution < -0.4 is 10.1 Å². The highest BCUT2D eigenvalue weighted by Gasteiger charge is 2.25. The number of methoxy groups -OCH3 is 1. The number of halogens is 1. The standard InChI is InChI=1S/C16H15ClN2O2/c1-21-15-4-2-3-10-6-13(7-14(10)15)19-16(20)11-5-12(17)9-18-8-11/h2-5,8-9,13H,6-7H2,1H3,(H,19,20). The van der Waals surface area contributed by atoms with Crippen molar-refractivity contribution in [2.75, 3.05) is 7.11 Å². The van der Waals surface area contributed by atoms with Gasteiger partial charge in [0.2, 0.25) is 0 Å². The van der Waals surface area contributed by atoms with Crippen LogP contribution >= 0.6 is 11.6 Å². The third-order valence-corrected chi connectivity index (χ3v) is 3.88. The first-order chi connectivity index (χ1) is 10.2. The molecule has 0 fully saturated rings. The zero-order chi connectivity index (χ0) is 14.8. The van der Waals surface area contributed by atoms with Crippen molar-refractivity contribution < 1.29 is 9.53 Å². The minimum absolute atomic E-state index is 0.0720. The normalized spacial score (nSPS) is 16.4. The fourth-order valence-electron chi connectivity index (χ4n) is 2.72. The van der Waals surface area contributed by atoms with E-state index in [-0.39, 0.29) is 11.9 Å². The Morgan fingerprint density at radius 3 is 3.00 bits per heavy atom. The Bertz CT molecular complexity index is 688. The highest BCUT2D eigenvalue weighted by molar-refractivity contribution is 6.30. The van der Waals surface area contributed by atoms with Gasteiger partial charge in [-0.05, 0) is 36.1 Å². The summed E-state index contributed by atoms with van der Waals surface area (Å²) >= 11 is 5.86. The van der Waals surface area contributed by atoms with Gasteiger partial charge >= 0.3 is 0 Å². The third-order valence-electron chi connectivity index (χ3n) is 3.67. The van der Waals surface area contributed by atoms with Crippen LogP contribution in [0.3, 0.4) is 0 Å². The van der Waals surface area contributed by atoms with Gasteiger partial charge in [-0.2, -0.15) is 0 Å². The van der Waals surface area contributed by atoms with Crippen LogP contribution in [0.2, 0.25) is 5.02 Å². The molecule has 1 heterocycles. The van der Waals surface area contributed by atoms with Gasteiger partial charge in [-0.25, -0.2) is 0 Å². The molecule has 1 aromatic heterocycles. The predicted molar refractivity (Wildman–Crippen MR) is 80.9 cm³/mol. The number of nitrogens with zero attached hydrogens (tertiary/aromatic N) is 1. The van der Waals surface area contributed by atoms with Gasteiger partial charge in [-0.15, -0.1) is 0 Å². The van der Waals surface area contributed by atoms with Crippen molar-refractivity contribution in [3.05, 3.63) is 58.4 Å². The van der Waals surface area contributed by atoms with E-state index in [1.807, 2.05) is 12.1 Å². The Kier molecular flexibility index (Phi) is 3.80. The first-order valence-electron chi connectivity index (χ1n) is 6.73. The summed E-state index contributed by atoms with van der Waals surface area (Å²) in [7, 11) is 1.67. The first-order valence-corrected chi connectivity index (χ1v) is 7.11. The van der Waals surface area contributed by atoms with Gasteiger partial charge in [-0.3, -0.25) is 9.78 Å². The maximum Gasteiger partial charge on any atom is 0.253 e. The van der Waals surface area contributed by atoms with Crippen LogP contribution in [0.4, 0.5) is 0 Å². The summed E-state index contributed by atoms with van der Waals surface area (Å²) in [6, 6.07) is 7.69. The van der Waals surface area contributed by atoms with E-state index in [1.165, 1.54) is 23.5 Å². The number of aromatic nitrogens is 1. The fraction of sp³-hybridized carbons (Fsp3) is 0.250. The summed E-state index contributed by atoms with van der Waals surface area (Å²) in [5, 5.41) is 3.48. The van der Waals surface area contributed by atoms with E-state index in [2.05, 4.69) is 16.4 Å². The molecule has 1 aromatic carbocycles. The van der Waals surface area contributed by atoms with Crippen LogP contribution in [-0.4, -0.2) is 24.0 Å². The molecule has 2 aromatic rings. The lowest BCUT2D eigenvalue weighted by Gasteiger charge is -2.12. The molecular formula is C16H15ClN2O2. The van der Waals surface area contributed by atoms with Crippen molar-refractivity contribution in [3.63, 3.8) is 0 Å². The van der Waals surface area contributed by atoms with Crippen molar-refractivity contribution in [3.8, 4) is 5.75 Å². The molecular weight excluding hydrogens is 288 g/mol. The van der Waals surface area contributed by atoms with Crippen LogP contribution in [0.25, 0.3) is 0 Å². The Morgan fingerprint density at radius 1 is 1.38 bits per heavy atom. The van der Waals surface area contributed by atoms with Crippen LogP contribution in [0, 0.1) is 0 Å². The SMILES string of the molecule is COc1cccc2c1CC(NC(=O)c1cncc(Cl)c1)C2. The van der Waals surface area contributed by atoms with Gasteiger partial charge in [0.25, 0.3) is 5.91 Å². The minimum atomic E-state index is -0.151. The topological polar surface area (TPSA) is 51.2 Å². The number of fused-ring (bicyclic) bond motifs is 1. The van der Waals surface area contributed by atoms with Crippen molar-refractivity contribution in [1.29, 1.82) is 0 Å². The second-order valence-corrected chi connectivity index (χ2v) is 5.50. The van der Waals surface area contributed by atoms with Crippen molar-refractivity contribution >= 4 is 17.5 Å². The van der Waals surface area contributed by atoms with Crippen molar-refractivity contribution in [2.45, 2.75) is 18.9 Å². The van der Waals surface area contributed by atoms with Crippen LogP contribution in [0.15, 0.2) is 36.7 Å². The first kappa shape index (κ1) is 13.9. The number of amides is 1. The van der Waals surface area contributed by atoms with Crippen LogP contribution in [-0.2, 0) is 12.8 Å². The number of carbonyl (C=O) groups is 1. The molecule has 1 unspecified atom stereocenters. The molecule has 1 N–H and O–H groups in total. The predicted octanol–water partition coefficient (Wildman–Crippen LogP) is 2.64. The zero-order valence-corrected chi connectivity index (χ0v) is 12.4. The maximum absolute atomic E-state index is 12.2. The maximum atomic E-state index is 12.2. The summed E-state index contributed by atoms with van der Waals surface area (Å²) in [6.45, 7) is 0. The second kappa shape index (κ2) is 5.74. The summed E-state index contributed by atoms with van der Waals surface area (Å²) < 4.78 is 5.37. The molecule has 108 valence electrons. The highest BCUT2D eigenvalue weighted by atomic mass is 35.5. The van der Waals surface area contributed by atoms with Crippen LogP contribution in [0.5, 0.6) is 5.75 Å². The molecule has 0 saturated carbocycles. The molecule has 0 aliphatic heterocycles. The van der Waals surface area contributed by atoms with E-state index in [0.29, 0.717) is 10.6 Å². The summed E-state index contributed by atoms with van der Waals surface area (Å²) in [5.74, 6) is 0.732. The van der Waals surface area contributed by atoms with E-state index < -0.39 is 0 Å². The minimum Gasteiger partial charge on any atom is -0.496 e. The smallest absolute Gasteiger partial charge is 0.253 e. The van der Waals surface area contributed by atoms with Gasteiger partial charge in [0.1, 0.15) is 5.75 Å². The van der Waals surface area contributed by atoms with Gasteiger partial charge in [0.05, 0.1) is 17.7 Å². The molecule has 1 aliphatic carbocycles. The molecule has 0 bridgehead atoms. The second-order valence-electron chi connectivity index (χ2n) is 5.07. The lowest BCUT2D eigenvalue weighted by atomic mass is 10.1. The Hall–Kier alpha value is -2.07. The number of rotatable bonds is 3. The lowest BCUT2D eigenvalue weighted by molar-refractivity contribution is 0.0938. The third kappa shape index (κ3) is 2.85. The molecule has 3 rings (SSSR count). The number of nitrogens with one attached hydrogen (secondary N) is 1. The van der Waals surface area contributed by atoms with E-state index >= 15 is 0 Å². The van der Waals surface area contributed by atoms with E-state index in [0.717, 1.165) is 18.6 Å². The largest absolute Gasteiger partial charge is 0.496 e. The van der Waals surface area contributed by atoms with Crippen molar-refractivity contribution in [2.24, 2.45) is 0 Å². The lowest BCUT2D eigenvalue weighted by Crippen LogP contribution is -2.35. The molecule has 0 saturated heterocycles. The van der Waals surface area contributed by atoms with E-state index in [9.17, 15) is 4.79 Å². The Labute approximate surface area is 128 Å². The number of hydrogen-bond acceptors (Lipinski definition) is 3. The summed E-state index contributed by atoms with van der Waals surface area (Å²) in [5.41, 5.74) is 2.88. The summed E-state index contributed by atoms with van der Waals surface area (Å²) in [6.07, 6.45) is 4.61. The quantitative estimate of drug-likeness (QED) is 0.948. The van der Waals surface area contributed by atoms with Crippen LogP contribution in [0.1, 0.15) is 21.5 Å². The number of benzene rings is 1. The highest BCUT2D eigenvalue weighted by Crippen LogP contribution is 2.30. The monoisotopic (exact) mass is 302 g/mol. The van der Waals surface area contributed by atoms with E-state index in [1.54, 1.807) is 13.2 Å². The number of ether oxygens (including phenoxy) is 1. The fourth-order valence-corrected chi connectivity index (χ4v) is 2.89. The van der Waals surface area contributed by atoms with Crippen molar-refractivity contribution in [1.82, 2.24) is 10.3 Å². The molecule has 5 heteroatoms. The molecule has 1 atom stereocenters. The Balaban J connectivity index is 1.72. The van der Waals surface area contributed by atoms with Gasteiger partial charge in [0, 0.05) is 18.4 Å².